The topological polar surface area (TPSA) is 64.1 Å². The number of nitrogens with one attached hydrogen (secondary N) is 1. The first-order valence-electron chi connectivity index (χ1n) is 8.41. The first-order chi connectivity index (χ1) is 12.4. The molecule has 1 N–H and O–H groups in total. The molecule has 0 fully saturated rings. The summed E-state index contributed by atoms with van der Waals surface area (Å²) in [5.41, 5.74) is 4.75. The van der Waals surface area contributed by atoms with Gasteiger partial charge in [-0.1, -0.05) is 24.3 Å². The monoisotopic (exact) mass is 347 g/mol. The summed E-state index contributed by atoms with van der Waals surface area (Å²) in [6.07, 6.45) is 0. The van der Waals surface area contributed by atoms with Crippen LogP contribution in [0.5, 0.6) is 11.8 Å². The summed E-state index contributed by atoms with van der Waals surface area (Å²) in [5, 5.41) is 2.91. The zero-order valence-electron chi connectivity index (χ0n) is 15.3. The molecule has 5 heteroatoms. The highest BCUT2D eigenvalue weighted by atomic mass is 16.5. The largest absolute Gasteiger partial charge is 0.424 e. The molecule has 0 saturated carbocycles. The molecule has 132 valence electrons. The number of hydrogen-bond donors (Lipinski definition) is 1. The summed E-state index contributed by atoms with van der Waals surface area (Å²) in [5.74, 6) is 0.484. The van der Waals surface area contributed by atoms with Gasteiger partial charge < -0.3 is 10.1 Å². The van der Waals surface area contributed by atoms with Gasteiger partial charge in [0.05, 0.1) is 17.1 Å². The second kappa shape index (κ2) is 7.35. The van der Waals surface area contributed by atoms with E-state index in [1.807, 2.05) is 76.2 Å². The highest BCUT2D eigenvalue weighted by Gasteiger charge is 2.14. The third-order valence-electron chi connectivity index (χ3n) is 4.21. The summed E-state index contributed by atoms with van der Waals surface area (Å²) >= 11 is 0. The van der Waals surface area contributed by atoms with Gasteiger partial charge >= 0.3 is 6.01 Å². The van der Waals surface area contributed by atoms with Crippen LogP contribution in [0, 0.1) is 27.7 Å². The molecule has 0 aliphatic heterocycles. The minimum Gasteiger partial charge on any atom is -0.424 e. The van der Waals surface area contributed by atoms with Crippen LogP contribution in [-0.2, 0) is 0 Å². The van der Waals surface area contributed by atoms with Crippen LogP contribution in [0.2, 0.25) is 0 Å². The molecule has 1 amide bonds. The number of rotatable bonds is 4. The van der Waals surface area contributed by atoms with Crippen molar-refractivity contribution in [3.63, 3.8) is 0 Å². The fourth-order valence-corrected chi connectivity index (χ4v) is 2.57. The number of aromatic nitrogens is 2. The van der Waals surface area contributed by atoms with E-state index < -0.39 is 0 Å². The van der Waals surface area contributed by atoms with Crippen molar-refractivity contribution in [2.45, 2.75) is 27.7 Å². The molecule has 0 atom stereocenters. The van der Waals surface area contributed by atoms with Gasteiger partial charge in [-0.2, -0.15) is 9.97 Å². The predicted molar refractivity (Wildman–Crippen MR) is 102 cm³/mol. The number of ether oxygens (including phenoxy) is 1. The number of carbonyl (C=O) groups excluding carboxylic acids is 1. The molecule has 2 aromatic carbocycles. The lowest BCUT2D eigenvalue weighted by atomic mass is 10.1. The molecular weight excluding hydrogens is 326 g/mol. The van der Waals surface area contributed by atoms with Crippen LogP contribution in [0.25, 0.3) is 0 Å². The fraction of sp³-hybridized carbons (Fsp3) is 0.190. The molecule has 1 aromatic heterocycles. The van der Waals surface area contributed by atoms with E-state index in [1.165, 1.54) is 0 Å². The van der Waals surface area contributed by atoms with E-state index >= 15 is 0 Å². The third kappa shape index (κ3) is 3.88. The van der Waals surface area contributed by atoms with E-state index in [-0.39, 0.29) is 11.9 Å². The highest BCUT2D eigenvalue weighted by molar-refractivity contribution is 6.05. The van der Waals surface area contributed by atoms with E-state index in [9.17, 15) is 4.79 Å². The molecule has 0 aliphatic carbocycles. The molecule has 26 heavy (non-hydrogen) atoms. The Balaban J connectivity index is 1.82. The van der Waals surface area contributed by atoms with E-state index in [2.05, 4.69) is 15.3 Å². The molecule has 1 heterocycles. The Bertz CT molecular complexity index is 930. The molecule has 0 aliphatic rings. The Morgan fingerprint density at radius 2 is 1.54 bits per heavy atom. The van der Waals surface area contributed by atoms with Gasteiger partial charge in [0.25, 0.3) is 5.91 Å². The minimum atomic E-state index is -0.181. The highest BCUT2D eigenvalue weighted by Crippen LogP contribution is 2.24. The van der Waals surface area contributed by atoms with Gasteiger partial charge in [0, 0.05) is 5.56 Å². The summed E-state index contributed by atoms with van der Waals surface area (Å²) in [7, 11) is 0. The molecule has 0 bridgehead atoms. The number of amides is 1. The number of carbonyl (C=O) groups is 1. The average Bonchev–Trinajstić information content (AvgIpc) is 2.61. The second-order valence-electron chi connectivity index (χ2n) is 6.22. The number of para-hydroxylation sites is 1. The Labute approximate surface area is 153 Å². The van der Waals surface area contributed by atoms with Crippen molar-refractivity contribution in [3.05, 3.63) is 76.6 Å². The van der Waals surface area contributed by atoms with Gasteiger partial charge in [-0.15, -0.1) is 0 Å². The number of benzene rings is 2. The van der Waals surface area contributed by atoms with E-state index in [0.29, 0.717) is 28.4 Å². The van der Waals surface area contributed by atoms with Crippen molar-refractivity contribution in [1.82, 2.24) is 9.97 Å². The van der Waals surface area contributed by atoms with Crippen LogP contribution in [0.15, 0.2) is 48.5 Å². The van der Waals surface area contributed by atoms with Crippen molar-refractivity contribution in [3.8, 4) is 11.8 Å². The van der Waals surface area contributed by atoms with Crippen molar-refractivity contribution in [2.75, 3.05) is 5.32 Å². The number of anilines is 1. The SMILES string of the molecule is Cc1ccc(C(=O)Nc2c(C)nc(Oc3ccccc3)nc2C)cc1C. The molecule has 0 unspecified atom stereocenters. The number of nitrogens with zero attached hydrogens (tertiary/aromatic N) is 2. The van der Waals surface area contributed by atoms with Crippen molar-refractivity contribution in [1.29, 1.82) is 0 Å². The van der Waals surface area contributed by atoms with Crippen LogP contribution in [0.4, 0.5) is 5.69 Å². The van der Waals surface area contributed by atoms with Crippen LogP contribution >= 0.6 is 0 Å². The van der Waals surface area contributed by atoms with Gasteiger partial charge in [-0.05, 0) is 63.1 Å². The standard InChI is InChI=1S/C21H21N3O2/c1-13-10-11-17(12-14(13)2)20(25)24-19-15(3)22-21(23-16(19)4)26-18-8-6-5-7-9-18/h5-12H,1-4H3,(H,24,25). The maximum Gasteiger partial charge on any atom is 0.322 e. The van der Waals surface area contributed by atoms with Gasteiger partial charge in [0.15, 0.2) is 0 Å². The maximum atomic E-state index is 12.6. The Hall–Kier alpha value is -3.21. The Morgan fingerprint density at radius 3 is 2.15 bits per heavy atom. The molecule has 3 rings (SSSR count). The summed E-state index contributed by atoms with van der Waals surface area (Å²) in [6.45, 7) is 7.65. The first kappa shape index (κ1) is 17.6. The van der Waals surface area contributed by atoms with Crippen LogP contribution in [-0.4, -0.2) is 15.9 Å². The summed E-state index contributed by atoms with van der Waals surface area (Å²) in [4.78, 5) is 21.3. The van der Waals surface area contributed by atoms with Crippen molar-refractivity contribution < 1.29 is 9.53 Å². The molecule has 0 radical (unpaired) electrons. The number of hydrogen-bond acceptors (Lipinski definition) is 4. The molecule has 0 saturated heterocycles. The Kier molecular flexibility index (Phi) is 4.98. The average molecular weight is 347 g/mol. The summed E-state index contributed by atoms with van der Waals surface area (Å²) < 4.78 is 5.68. The lowest BCUT2D eigenvalue weighted by Gasteiger charge is -2.13. The zero-order chi connectivity index (χ0) is 18.7. The van der Waals surface area contributed by atoms with Gasteiger partial charge in [0.1, 0.15) is 5.75 Å². The first-order valence-corrected chi connectivity index (χ1v) is 8.41. The summed E-state index contributed by atoms with van der Waals surface area (Å²) in [6, 6.07) is 15.2. The zero-order valence-corrected chi connectivity index (χ0v) is 15.3. The Morgan fingerprint density at radius 1 is 0.885 bits per heavy atom. The predicted octanol–water partition coefficient (Wildman–Crippen LogP) is 4.75. The lowest BCUT2D eigenvalue weighted by molar-refractivity contribution is 0.102. The second-order valence-corrected chi connectivity index (χ2v) is 6.22. The van der Waals surface area contributed by atoms with Gasteiger partial charge in [-0.25, -0.2) is 0 Å². The van der Waals surface area contributed by atoms with E-state index in [4.69, 9.17) is 4.74 Å². The quantitative estimate of drug-likeness (QED) is 0.739. The minimum absolute atomic E-state index is 0.181. The van der Waals surface area contributed by atoms with Gasteiger partial charge in [-0.3, -0.25) is 4.79 Å². The van der Waals surface area contributed by atoms with E-state index in [0.717, 1.165) is 11.1 Å². The molecule has 5 nitrogen and oxygen atoms in total. The van der Waals surface area contributed by atoms with Crippen molar-refractivity contribution >= 4 is 11.6 Å². The van der Waals surface area contributed by atoms with E-state index in [1.54, 1.807) is 0 Å². The van der Waals surface area contributed by atoms with Crippen LogP contribution in [0.3, 0.4) is 0 Å². The lowest BCUT2D eigenvalue weighted by Crippen LogP contribution is -2.15. The smallest absolute Gasteiger partial charge is 0.322 e. The van der Waals surface area contributed by atoms with Gasteiger partial charge in [0.2, 0.25) is 0 Å². The molecule has 0 spiro atoms. The molecule has 3 aromatic rings. The van der Waals surface area contributed by atoms with Crippen LogP contribution < -0.4 is 10.1 Å². The maximum absolute atomic E-state index is 12.6. The van der Waals surface area contributed by atoms with Crippen LogP contribution in [0.1, 0.15) is 32.9 Å². The fourth-order valence-electron chi connectivity index (χ4n) is 2.57. The molecular formula is C21H21N3O2. The van der Waals surface area contributed by atoms with Crippen molar-refractivity contribution in [2.24, 2.45) is 0 Å². The number of aryl methyl sites for hydroxylation is 4. The third-order valence-corrected chi connectivity index (χ3v) is 4.21. The normalized spacial score (nSPS) is 10.5.